The zero-order chi connectivity index (χ0) is 31.5. The lowest BCUT2D eigenvalue weighted by Crippen LogP contribution is -2.22. The van der Waals surface area contributed by atoms with Gasteiger partial charge in [0.2, 0.25) is 0 Å². The van der Waals surface area contributed by atoms with Crippen LogP contribution in [0.25, 0.3) is 11.1 Å². The first-order valence-electron chi connectivity index (χ1n) is 14.2. The first kappa shape index (κ1) is 31.0. The molecule has 5 nitrogen and oxygen atoms in total. The molecular weight excluding hydrogens is 536 g/mol. The van der Waals surface area contributed by atoms with Crippen LogP contribution in [0.3, 0.4) is 0 Å². The van der Waals surface area contributed by atoms with Crippen molar-refractivity contribution >= 4 is 0 Å². The fraction of sp³-hybridized carbons (Fsp3) is 0.211. The van der Waals surface area contributed by atoms with Crippen molar-refractivity contribution in [1.82, 2.24) is 0 Å². The van der Waals surface area contributed by atoms with Crippen molar-refractivity contribution in [3.8, 4) is 39.9 Å². The number of phenolic OH excluding ortho intramolecular Hbond substituents is 5. The third-order valence-corrected chi connectivity index (χ3v) is 8.10. The van der Waals surface area contributed by atoms with E-state index in [4.69, 9.17) is 0 Å². The summed E-state index contributed by atoms with van der Waals surface area (Å²) in [5.41, 5.74) is 7.66. The van der Waals surface area contributed by atoms with E-state index in [-0.39, 0.29) is 39.4 Å². The van der Waals surface area contributed by atoms with Crippen LogP contribution in [-0.2, 0) is 10.8 Å². The van der Waals surface area contributed by atoms with E-state index in [1.807, 2.05) is 12.1 Å². The Balaban J connectivity index is 0.000000215. The third kappa shape index (κ3) is 6.95. The van der Waals surface area contributed by atoms with Crippen molar-refractivity contribution in [3.05, 3.63) is 137 Å². The molecule has 5 heteroatoms. The lowest BCUT2D eigenvalue weighted by molar-refractivity contribution is 0.430. The van der Waals surface area contributed by atoms with Gasteiger partial charge in [-0.15, -0.1) is 0 Å². The highest BCUT2D eigenvalue weighted by atomic mass is 16.3. The second-order valence-corrected chi connectivity index (χ2v) is 12.2. The summed E-state index contributed by atoms with van der Waals surface area (Å²) >= 11 is 0. The number of rotatable bonds is 5. The Morgan fingerprint density at radius 2 is 0.884 bits per heavy atom. The van der Waals surface area contributed by atoms with Crippen LogP contribution in [0, 0.1) is 13.8 Å². The summed E-state index contributed by atoms with van der Waals surface area (Å²) in [6.07, 6.45) is 0. The summed E-state index contributed by atoms with van der Waals surface area (Å²) < 4.78 is 0. The summed E-state index contributed by atoms with van der Waals surface area (Å²) in [6, 6.07) is 32.2. The average molecular weight is 577 g/mol. The monoisotopic (exact) mass is 576 g/mol. The van der Waals surface area contributed by atoms with Gasteiger partial charge in [0, 0.05) is 23.0 Å². The maximum absolute atomic E-state index is 9.71. The second-order valence-electron chi connectivity index (χ2n) is 12.2. The molecule has 5 aromatic carbocycles. The third-order valence-electron chi connectivity index (χ3n) is 8.10. The fourth-order valence-electron chi connectivity index (χ4n) is 5.28. The number of hydrogen-bond donors (Lipinski definition) is 5. The quantitative estimate of drug-likeness (QED) is 0.144. The molecule has 5 aromatic rings. The minimum Gasteiger partial charge on any atom is -0.508 e. The molecule has 0 unspecified atom stereocenters. The predicted octanol–water partition coefficient (Wildman–Crippen LogP) is 8.84. The average Bonchev–Trinajstić information content (AvgIpc) is 2.93. The van der Waals surface area contributed by atoms with Crippen LogP contribution in [0.15, 0.2) is 103 Å². The van der Waals surface area contributed by atoms with Crippen LogP contribution in [0.2, 0.25) is 0 Å². The Labute approximate surface area is 254 Å². The van der Waals surface area contributed by atoms with Gasteiger partial charge in [0.05, 0.1) is 5.56 Å². The van der Waals surface area contributed by atoms with Crippen LogP contribution in [0.1, 0.15) is 61.1 Å². The number of hydrogen-bond acceptors (Lipinski definition) is 5. The molecule has 0 aliphatic carbocycles. The van der Waals surface area contributed by atoms with Gasteiger partial charge in [-0.05, 0) is 71.5 Å². The van der Waals surface area contributed by atoms with Gasteiger partial charge in [0.1, 0.15) is 28.7 Å². The lowest BCUT2D eigenvalue weighted by Gasteiger charge is -2.31. The van der Waals surface area contributed by atoms with Gasteiger partial charge in [-0.2, -0.15) is 0 Å². The number of phenols is 5. The van der Waals surface area contributed by atoms with Crippen molar-refractivity contribution in [2.75, 3.05) is 0 Å². The maximum atomic E-state index is 9.71. The molecule has 0 heterocycles. The van der Waals surface area contributed by atoms with Crippen molar-refractivity contribution in [2.45, 2.75) is 52.4 Å². The Morgan fingerprint density at radius 3 is 1.37 bits per heavy atom. The molecule has 222 valence electrons. The second kappa shape index (κ2) is 12.1. The molecule has 0 atom stereocenters. The summed E-state index contributed by atoms with van der Waals surface area (Å²) in [4.78, 5) is 0. The molecule has 0 bridgehead atoms. The smallest absolute Gasteiger partial charge is 0.130 e. The highest BCUT2D eigenvalue weighted by Crippen LogP contribution is 2.41. The Kier molecular flexibility index (Phi) is 8.77. The van der Waals surface area contributed by atoms with Gasteiger partial charge in [-0.1, -0.05) is 100.0 Å². The zero-order valence-electron chi connectivity index (χ0n) is 25.6. The molecule has 0 spiro atoms. The Morgan fingerprint density at radius 1 is 0.419 bits per heavy atom. The summed E-state index contributed by atoms with van der Waals surface area (Å²) in [6.45, 7) is 12.9. The van der Waals surface area contributed by atoms with E-state index in [0.29, 0.717) is 11.3 Å². The van der Waals surface area contributed by atoms with E-state index in [1.54, 1.807) is 31.2 Å². The van der Waals surface area contributed by atoms with Crippen molar-refractivity contribution in [1.29, 1.82) is 0 Å². The van der Waals surface area contributed by atoms with Crippen molar-refractivity contribution in [3.63, 3.8) is 0 Å². The molecule has 0 amide bonds. The molecule has 0 radical (unpaired) electrons. The van der Waals surface area contributed by atoms with Crippen LogP contribution in [-0.4, -0.2) is 25.5 Å². The normalized spacial score (nSPS) is 11.5. The molecule has 0 saturated carbocycles. The molecule has 5 rings (SSSR count). The Hall–Kier alpha value is -4.90. The standard InChI is InChI=1S/C25H28O.C13H12O4/c1-18-9-11-19(12-10-18)24(2,3)21-7-6-8-22(17-21)25(4,5)20-13-15-23(26)16-14-20;1-7-2-8(4-9(14)3-7)13-11(16)5-10(15)6-12(13)17/h6-17,26H,1-5H3;2-6,14-17H,1H3. The summed E-state index contributed by atoms with van der Waals surface area (Å²) in [5.74, 6) is -0.355. The largest absolute Gasteiger partial charge is 0.508 e. The van der Waals surface area contributed by atoms with E-state index in [1.165, 1.54) is 33.9 Å². The number of aromatic hydroxyl groups is 5. The van der Waals surface area contributed by atoms with Gasteiger partial charge >= 0.3 is 0 Å². The number of aryl methyl sites for hydroxylation is 2. The molecule has 0 fully saturated rings. The first-order chi connectivity index (χ1) is 20.2. The zero-order valence-corrected chi connectivity index (χ0v) is 25.6. The molecular formula is C38H40O5. The summed E-state index contributed by atoms with van der Waals surface area (Å²) in [5, 5.41) is 47.7. The Bertz CT molecular complexity index is 1600. The minimum absolute atomic E-state index is 0.0480. The van der Waals surface area contributed by atoms with Gasteiger partial charge < -0.3 is 25.5 Å². The molecule has 0 aliphatic heterocycles. The van der Waals surface area contributed by atoms with Crippen LogP contribution in [0.5, 0.6) is 28.7 Å². The maximum Gasteiger partial charge on any atom is 0.130 e. The minimum atomic E-state index is -0.243. The summed E-state index contributed by atoms with van der Waals surface area (Å²) in [7, 11) is 0. The van der Waals surface area contributed by atoms with E-state index >= 15 is 0 Å². The topological polar surface area (TPSA) is 101 Å². The van der Waals surface area contributed by atoms with Crippen LogP contribution >= 0.6 is 0 Å². The predicted molar refractivity (Wildman–Crippen MR) is 173 cm³/mol. The molecule has 43 heavy (non-hydrogen) atoms. The number of benzene rings is 5. The molecule has 5 N–H and O–H groups in total. The first-order valence-corrected chi connectivity index (χ1v) is 14.2. The van der Waals surface area contributed by atoms with Crippen molar-refractivity contribution in [2.24, 2.45) is 0 Å². The van der Waals surface area contributed by atoms with Gasteiger partial charge in [-0.3, -0.25) is 0 Å². The fourth-order valence-corrected chi connectivity index (χ4v) is 5.28. The van der Waals surface area contributed by atoms with E-state index in [9.17, 15) is 25.5 Å². The van der Waals surface area contributed by atoms with Crippen molar-refractivity contribution < 1.29 is 25.5 Å². The van der Waals surface area contributed by atoms with E-state index < -0.39 is 0 Å². The molecule has 0 saturated heterocycles. The van der Waals surface area contributed by atoms with E-state index in [2.05, 4.69) is 83.1 Å². The molecule has 0 aliphatic rings. The van der Waals surface area contributed by atoms with Gasteiger partial charge in [-0.25, -0.2) is 0 Å². The highest BCUT2D eigenvalue weighted by molar-refractivity contribution is 5.78. The van der Waals surface area contributed by atoms with Crippen LogP contribution < -0.4 is 0 Å². The van der Waals surface area contributed by atoms with Crippen LogP contribution in [0.4, 0.5) is 0 Å². The SMILES string of the molecule is Cc1cc(O)cc(-c2c(O)cc(O)cc2O)c1.Cc1ccc(C(C)(C)c2cccc(C(C)(C)c3ccc(O)cc3)c2)cc1. The van der Waals surface area contributed by atoms with Gasteiger partial charge in [0.15, 0.2) is 0 Å². The van der Waals surface area contributed by atoms with E-state index in [0.717, 1.165) is 17.7 Å². The highest BCUT2D eigenvalue weighted by Gasteiger charge is 2.27. The lowest BCUT2D eigenvalue weighted by atomic mass is 9.73. The van der Waals surface area contributed by atoms with Gasteiger partial charge in [0.25, 0.3) is 0 Å². The molecule has 0 aromatic heterocycles.